The number of nitrogens with zero attached hydrogens (tertiary/aromatic N) is 1. The molecule has 0 saturated heterocycles. The molecular formula is C19H17NO3S2. The number of aromatic nitrogens is 1. The van der Waals surface area contributed by atoms with Crippen molar-refractivity contribution in [2.24, 2.45) is 0 Å². The number of aryl methyl sites for hydroxylation is 2. The van der Waals surface area contributed by atoms with Gasteiger partial charge in [-0.1, -0.05) is 41.8 Å². The molecule has 2 aromatic carbocycles. The molecule has 25 heavy (non-hydrogen) atoms. The third-order valence-corrected chi connectivity index (χ3v) is 4.69. The van der Waals surface area contributed by atoms with Crippen LogP contribution in [-0.4, -0.2) is 18.0 Å². The molecular weight excluding hydrogens is 354 g/mol. The zero-order valence-corrected chi connectivity index (χ0v) is 15.4. The van der Waals surface area contributed by atoms with E-state index in [-0.39, 0.29) is 4.90 Å². The SMILES string of the molecule is Cc1ccc(S(=O)(=O)O)cc1.Cc1nc(C#Cc2ccccc2)cs1. The van der Waals surface area contributed by atoms with Crippen molar-refractivity contribution >= 4 is 21.5 Å². The summed E-state index contributed by atoms with van der Waals surface area (Å²) in [7, 11) is -4.02. The second-order valence-corrected chi connectivity index (χ2v) is 7.64. The Labute approximate surface area is 151 Å². The highest BCUT2D eigenvalue weighted by Crippen LogP contribution is 2.08. The lowest BCUT2D eigenvalue weighted by molar-refractivity contribution is 0.483. The minimum atomic E-state index is -4.02. The van der Waals surface area contributed by atoms with Crippen LogP contribution in [0.1, 0.15) is 21.8 Å². The summed E-state index contributed by atoms with van der Waals surface area (Å²) in [6.07, 6.45) is 0. The van der Waals surface area contributed by atoms with Crippen LogP contribution in [-0.2, 0) is 10.1 Å². The molecule has 0 spiro atoms. The Balaban J connectivity index is 0.000000186. The van der Waals surface area contributed by atoms with E-state index in [2.05, 4.69) is 16.8 Å². The van der Waals surface area contributed by atoms with Crippen molar-refractivity contribution in [1.29, 1.82) is 0 Å². The number of thiazole rings is 1. The van der Waals surface area contributed by atoms with E-state index in [4.69, 9.17) is 4.55 Å². The highest BCUT2D eigenvalue weighted by atomic mass is 32.2. The Bertz CT molecular complexity index is 980. The molecule has 4 nitrogen and oxygen atoms in total. The molecule has 1 N–H and O–H groups in total. The highest BCUT2D eigenvalue weighted by molar-refractivity contribution is 7.85. The zero-order valence-electron chi connectivity index (χ0n) is 13.8. The first-order valence-corrected chi connectivity index (χ1v) is 9.70. The van der Waals surface area contributed by atoms with Crippen LogP contribution in [0, 0.1) is 25.7 Å². The van der Waals surface area contributed by atoms with E-state index >= 15 is 0 Å². The van der Waals surface area contributed by atoms with E-state index in [0.717, 1.165) is 21.8 Å². The fraction of sp³-hybridized carbons (Fsp3) is 0.105. The van der Waals surface area contributed by atoms with Gasteiger partial charge in [-0.3, -0.25) is 4.55 Å². The van der Waals surface area contributed by atoms with Crippen LogP contribution in [0.5, 0.6) is 0 Å². The molecule has 0 aliphatic heterocycles. The maximum Gasteiger partial charge on any atom is 0.294 e. The summed E-state index contributed by atoms with van der Waals surface area (Å²) >= 11 is 1.63. The van der Waals surface area contributed by atoms with E-state index < -0.39 is 10.1 Å². The molecule has 0 unspecified atom stereocenters. The molecule has 0 aliphatic rings. The van der Waals surface area contributed by atoms with Gasteiger partial charge in [0.25, 0.3) is 10.1 Å². The molecule has 0 radical (unpaired) electrons. The molecule has 1 heterocycles. The molecule has 3 rings (SSSR count). The number of hydrogen-bond donors (Lipinski definition) is 1. The van der Waals surface area contributed by atoms with Crippen molar-refractivity contribution in [1.82, 2.24) is 4.98 Å². The molecule has 6 heteroatoms. The summed E-state index contributed by atoms with van der Waals surface area (Å²) in [6, 6.07) is 15.9. The van der Waals surface area contributed by atoms with Crippen molar-refractivity contribution in [2.75, 3.05) is 0 Å². The molecule has 3 aromatic rings. The van der Waals surface area contributed by atoms with Crippen LogP contribution in [0.25, 0.3) is 0 Å². The predicted octanol–water partition coefficient (Wildman–Crippen LogP) is 4.09. The van der Waals surface area contributed by atoms with Crippen LogP contribution in [0.15, 0.2) is 64.9 Å². The molecule has 0 bridgehead atoms. The summed E-state index contributed by atoms with van der Waals surface area (Å²) in [5, 5.41) is 3.04. The van der Waals surface area contributed by atoms with Gasteiger partial charge < -0.3 is 0 Å². The molecule has 0 saturated carbocycles. The van der Waals surface area contributed by atoms with E-state index in [1.165, 1.54) is 12.1 Å². The number of hydrogen-bond acceptors (Lipinski definition) is 4. The Morgan fingerprint density at radius 1 is 0.960 bits per heavy atom. The average molecular weight is 371 g/mol. The zero-order chi connectivity index (χ0) is 18.3. The Morgan fingerprint density at radius 3 is 2.12 bits per heavy atom. The lowest BCUT2D eigenvalue weighted by Gasteiger charge is -1.95. The summed E-state index contributed by atoms with van der Waals surface area (Å²) in [5.74, 6) is 6.10. The van der Waals surface area contributed by atoms with Gasteiger partial charge in [0, 0.05) is 10.9 Å². The van der Waals surface area contributed by atoms with Crippen molar-refractivity contribution in [2.45, 2.75) is 18.7 Å². The minimum absolute atomic E-state index is 0.0666. The predicted molar refractivity (Wildman–Crippen MR) is 100 cm³/mol. The van der Waals surface area contributed by atoms with Gasteiger partial charge in [0.15, 0.2) is 0 Å². The van der Waals surface area contributed by atoms with Gasteiger partial charge in [0.2, 0.25) is 0 Å². The van der Waals surface area contributed by atoms with E-state index in [0.29, 0.717) is 0 Å². The van der Waals surface area contributed by atoms with Gasteiger partial charge in [0.05, 0.1) is 9.90 Å². The van der Waals surface area contributed by atoms with E-state index in [1.54, 1.807) is 23.5 Å². The molecule has 0 aliphatic carbocycles. The minimum Gasteiger partial charge on any atom is -0.282 e. The van der Waals surface area contributed by atoms with Crippen LogP contribution in [0.2, 0.25) is 0 Å². The monoisotopic (exact) mass is 371 g/mol. The van der Waals surface area contributed by atoms with Gasteiger partial charge >= 0.3 is 0 Å². The molecule has 128 valence electrons. The van der Waals surface area contributed by atoms with Gasteiger partial charge in [-0.05, 0) is 44.0 Å². The second-order valence-electron chi connectivity index (χ2n) is 5.16. The van der Waals surface area contributed by atoms with Gasteiger partial charge in [0.1, 0.15) is 5.69 Å². The quantitative estimate of drug-likeness (QED) is 0.517. The van der Waals surface area contributed by atoms with Gasteiger partial charge in [-0.25, -0.2) is 4.98 Å². The topological polar surface area (TPSA) is 67.3 Å². The summed E-state index contributed by atoms with van der Waals surface area (Å²) < 4.78 is 29.6. The van der Waals surface area contributed by atoms with Crippen molar-refractivity contribution in [3.05, 3.63) is 81.8 Å². The van der Waals surface area contributed by atoms with E-state index in [1.807, 2.05) is 49.6 Å². The molecule has 1 aromatic heterocycles. The number of rotatable bonds is 1. The summed E-state index contributed by atoms with van der Waals surface area (Å²) in [5.41, 5.74) is 2.84. The smallest absolute Gasteiger partial charge is 0.282 e. The first-order chi connectivity index (χ1) is 11.8. The third kappa shape index (κ3) is 6.51. The van der Waals surface area contributed by atoms with Crippen LogP contribution in [0.4, 0.5) is 0 Å². The normalized spacial score (nSPS) is 10.2. The second kappa shape index (κ2) is 8.58. The maximum atomic E-state index is 10.5. The Morgan fingerprint density at radius 2 is 1.60 bits per heavy atom. The van der Waals surface area contributed by atoms with E-state index in [9.17, 15) is 8.42 Å². The van der Waals surface area contributed by atoms with Crippen LogP contribution < -0.4 is 0 Å². The van der Waals surface area contributed by atoms with Gasteiger partial charge in [-0.15, -0.1) is 11.3 Å². The number of benzene rings is 2. The standard InChI is InChI=1S/C12H9NS.C7H8O3S/c1-10-13-12(9-14-10)8-7-11-5-3-2-4-6-11;1-6-2-4-7(5-3-6)11(8,9)10/h2-6,9H,1H3;2-5H,1H3,(H,8,9,10). The summed E-state index contributed by atoms with van der Waals surface area (Å²) in [4.78, 5) is 4.20. The Kier molecular flexibility index (Phi) is 6.48. The fourth-order valence-corrected chi connectivity index (χ4v) is 2.81. The van der Waals surface area contributed by atoms with Gasteiger partial charge in [-0.2, -0.15) is 8.42 Å². The average Bonchev–Trinajstić information content (AvgIpc) is 3.00. The first kappa shape index (κ1) is 18.9. The van der Waals surface area contributed by atoms with Crippen molar-refractivity contribution in [3.63, 3.8) is 0 Å². The largest absolute Gasteiger partial charge is 0.294 e. The fourth-order valence-electron chi connectivity index (χ4n) is 1.79. The van der Waals surface area contributed by atoms with Crippen LogP contribution >= 0.6 is 11.3 Å². The van der Waals surface area contributed by atoms with Crippen LogP contribution in [0.3, 0.4) is 0 Å². The lowest BCUT2D eigenvalue weighted by Crippen LogP contribution is -1.96. The Hall–Kier alpha value is -2.46. The lowest BCUT2D eigenvalue weighted by atomic mass is 10.2. The molecule has 0 atom stereocenters. The first-order valence-electron chi connectivity index (χ1n) is 7.38. The highest BCUT2D eigenvalue weighted by Gasteiger charge is 2.06. The summed E-state index contributed by atoms with van der Waals surface area (Å²) in [6.45, 7) is 3.83. The maximum absolute atomic E-state index is 10.5. The molecule has 0 amide bonds. The third-order valence-electron chi connectivity index (χ3n) is 3.05. The molecule has 0 fully saturated rings. The van der Waals surface area contributed by atoms with Crippen molar-refractivity contribution < 1.29 is 13.0 Å². The van der Waals surface area contributed by atoms with Crippen molar-refractivity contribution in [3.8, 4) is 11.8 Å².